The molecule has 0 atom stereocenters. The van der Waals surface area contributed by atoms with Gasteiger partial charge in [-0.3, -0.25) is 0 Å². The topological polar surface area (TPSA) is 51.6 Å². The molecule has 3 heterocycles. The fourth-order valence-electron chi connectivity index (χ4n) is 7.79. The van der Waals surface area contributed by atoms with Crippen LogP contribution >= 0.6 is 11.3 Å². The molecule has 0 N–H and O–H groups in total. The average Bonchev–Trinajstić information content (AvgIpc) is 3.62. The maximum Gasteiger partial charge on any atom is 0.164 e. The Bertz CT molecular complexity index is 3210. The first-order chi connectivity index (χ1) is 27.2. The van der Waals surface area contributed by atoms with Gasteiger partial charge in [-0.25, -0.2) is 19.9 Å². The Morgan fingerprint density at radius 2 is 0.891 bits per heavy atom. The molecule has 8 aromatic carbocycles. The number of thiophene rings is 1. The summed E-state index contributed by atoms with van der Waals surface area (Å²) in [5.74, 6) is 1.89. The second-order valence-electron chi connectivity index (χ2n) is 13.9. The number of nitrogens with zero attached hydrogens (tertiary/aromatic N) is 4. The molecule has 0 spiro atoms. The molecular formula is C50H30N4S. The monoisotopic (exact) mass is 718 g/mol. The van der Waals surface area contributed by atoms with Crippen LogP contribution in [0.15, 0.2) is 182 Å². The van der Waals surface area contributed by atoms with Gasteiger partial charge in [-0.2, -0.15) is 0 Å². The standard InChI is InChI=1S/C50H30N4S/c1-3-13-31(14-4-1)48-52-49(32-15-5-2-6-16-32)54-50(53-48)38-27-35(26-36(28-38)43-29-34-17-7-8-18-39(34)40-19-9-10-20-41(40)43)33-23-24-44-37(25-33)30-46-47(51-44)42-21-11-12-22-45(42)55-46/h1-30H. The third kappa shape index (κ3) is 5.52. The second kappa shape index (κ2) is 12.8. The van der Waals surface area contributed by atoms with E-state index in [1.165, 1.54) is 36.3 Å². The Hall–Kier alpha value is -7.08. The van der Waals surface area contributed by atoms with Gasteiger partial charge in [0.1, 0.15) is 0 Å². The van der Waals surface area contributed by atoms with E-state index in [2.05, 4.69) is 121 Å². The van der Waals surface area contributed by atoms with Crippen molar-refractivity contribution in [1.82, 2.24) is 19.9 Å². The van der Waals surface area contributed by atoms with Gasteiger partial charge >= 0.3 is 0 Å². The molecule has 0 bridgehead atoms. The molecule has 0 aliphatic heterocycles. The Balaban J connectivity index is 1.17. The van der Waals surface area contributed by atoms with E-state index < -0.39 is 0 Å². The van der Waals surface area contributed by atoms with Crippen molar-refractivity contribution in [3.8, 4) is 56.4 Å². The minimum Gasteiger partial charge on any atom is -0.246 e. The molecule has 0 unspecified atom stereocenters. The maximum absolute atomic E-state index is 5.16. The lowest BCUT2D eigenvalue weighted by Gasteiger charge is -2.15. The molecular weight excluding hydrogens is 689 g/mol. The van der Waals surface area contributed by atoms with E-state index in [1.807, 2.05) is 60.7 Å². The van der Waals surface area contributed by atoms with Crippen molar-refractivity contribution in [1.29, 1.82) is 0 Å². The third-order valence-corrected chi connectivity index (χ3v) is 11.6. The highest BCUT2D eigenvalue weighted by Crippen LogP contribution is 2.40. The van der Waals surface area contributed by atoms with Gasteiger partial charge in [0.25, 0.3) is 0 Å². The van der Waals surface area contributed by atoms with Gasteiger partial charge in [-0.05, 0) is 92.3 Å². The lowest BCUT2D eigenvalue weighted by Crippen LogP contribution is -2.00. The largest absolute Gasteiger partial charge is 0.246 e. The quantitative estimate of drug-likeness (QED) is 0.166. The first-order valence-corrected chi connectivity index (χ1v) is 19.2. The van der Waals surface area contributed by atoms with Crippen LogP contribution < -0.4 is 0 Å². The molecule has 0 amide bonds. The summed E-state index contributed by atoms with van der Waals surface area (Å²) in [5, 5.41) is 7.18. The van der Waals surface area contributed by atoms with Crippen molar-refractivity contribution in [2.75, 3.05) is 0 Å². The van der Waals surface area contributed by atoms with Crippen molar-refractivity contribution in [2.45, 2.75) is 0 Å². The summed E-state index contributed by atoms with van der Waals surface area (Å²) in [6.45, 7) is 0. The Kier molecular flexibility index (Phi) is 7.32. The molecule has 3 aromatic heterocycles. The Morgan fingerprint density at radius 1 is 0.309 bits per heavy atom. The second-order valence-corrected chi connectivity index (χ2v) is 15.0. The van der Waals surface area contributed by atoms with Crippen LogP contribution in [-0.2, 0) is 0 Å². The smallest absolute Gasteiger partial charge is 0.164 e. The van der Waals surface area contributed by atoms with Gasteiger partial charge in [-0.15, -0.1) is 11.3 Å². The minimum atomic E-state index is 0.621. The molecule has 5 heteroatoms. The number of hydrogen-bond donors (Lipinski definition) is 0. The molecule has 0 aliphatic rings. The van der Waals surface area contributed by atoms with Crippen molar-refractivity contribution in [3.63, 3.8) is 0 Å². The van der Waals surface area contributed by atoms with Crippen molar-refractivity contribution < 1.29 is 0 Å². The van der Waals surface area contributed by atoms with Crippen molar-refractivity contribution >= 4 is 64.1 Å². The fourth-order valence-corrected chi connectivity index (χ4v) is 8.88. The lowest BCUT2D eigenvalue weighted by atomic mass is 9.90. The number of pyridine rings is 1. The molecule has 0 radical (unpaired) electrons. The highest BCUT2D eigenvalue weighted by atomic mass is 32.1. The summed E-state index contributed by atoms with van der Waals surface area (Å²) in [5.41, 5.74) is 9.27. The van der Waals surface area contributed by atoms with Gasteiger partial charge in [0, 0.05) is 32.2 Å². The van der Waals surface area contributed by atoms with Crippen molar-refractivity contribution in [2.24, 2.45) is 0 Å². The molecule has 0 aliphatic carbocycles. The van der Waals surface area contributed by atoms with Crippen LogP contribution in [-0.4, -0.2) is 19.9 Å². The summed E-state index contributed by atoms with van der Waals surface area (Å²) in [6.07, 6.45) is 0. The summed E-state index contributed by atoms with van der Waals surface area (Å²) in [7, 11) is 0. The van der Waals surface area contributed by atoms with E-state index in [1.54, 1.807) is 11.3 Å². The zero-order valence-electron chi connectivity index (χ0n) is 29.5. The van der Waals surface area contributed by atoms with Crippen molar-refractivity contribution in [3.05, 3.63) is 182 Å². The normalized spacial score (nSPS) is 11.6. The molecule has 4 nitrogen and oxygen atoms in total. The number of aromatic nitrogens is 4. The van der Waals surface area contributed by atoms with E-state index in [4.69, 9.17) is 19.9 Å². The van der Waals surface area contributed by atoms with Crippen LogP contribution in [0.2, 0.25) is 0 Å². The number of rotatable bonds is 5. The van der Waals surface area contributed by atoms with Crippen LogP contribution in [0.25, 0.3) is 109 Å². The predicted octanol–water partition coefficient (Wildman–Crippen LogP) is 13.4. The highest BCUT2D eigenvalue weighted by Gasteiger charge is 2.17. The van der Waals surface area contributed by atoms with Gasteiger partial charge in [0.05, 0.1) is 15.7 Å². The minimum absolute atomic E-state index is 0.621. The highest BCUT2D eigenvalue weighted by molar-refractivity contribution is 7.25. The number of benzene rings is 8. The van der Waals surface area contributed by atoms with Crippen LogP contribution in [0.4, 0.5) is 0 Å². The van der Waals surface area contributed by atoms with Gasteiger partial charge < -0.3 is 0 Å². The molecule has 11 rings (SSSR count). The first-order valence-electron chi connectivity index (χ1n) is 18.4. The van der Waals surface area contributed by atoms with Crippen LogP contribution in [0.5, 0.6) is 0 Å². The molecule has 0 fully saturated rings. The third-order valence-electron chi connectivity index (χ3n) is 10.4. The molecule has 0 saturated carbocycles. The molecule has 256 valence electrons. The van der Waals surface area contributed by atoms with E-state index >= 15 is 0 Å². The summed E-state index contributed by atoms with van der Waals surface area (Å²) < 4.78 is 2.44. The van der Waals surface area contributed by atoms with E-state index in [9.17, 15) is 0 Å². The van der Waals surface area contributed by atoms with Gasteiger partial charge in [0.15, 0.2) is 17.5 Å². The van der Waals surface area contributed by atoms with E-state index in [0.29, 0.717) is 17.5 Å². The van der Waals surface area contributed by atoms with Crippen LogP contribution in [0, 0.1) is 0 Å². The average molecular weight is 719 g/mol. The van der Waals surface area contributed by atoms with Gasteiger partial charge in [0.2, 0.25) is 0 Å². The zero-order valence-corrected chi connectivity index (χ0v) is 30.3. The maximum atomic E-state index is 5.16. The molecule has 11 aromatic rings. The van der Waals surface area contributed by atoms with Crippen LogP contribution in [0.3, 0.4) is 0 Å². The summed E-state index contributed by atoms with van der Waals surface area (Å²) in [4.78, 5) is 20.4. The predicted molar refractivity (Wildman–Crippen MR) is 230 cm³/mol. The lowest BCUT2D eigenvalue weighted by molar-refractivity contribution is 1.07. The fraction of sp³-hybridized carbons (Fsp3) is 0. The van der Waals surface area contributed by atoms with Crippen LogP contribution in [0.1, 0.15) is 0 Å². The summed E-state index contributed by atoms with van der Waals surface area (Å²) >= 11 is 1.79. The molecule has 0 saturated heterocycles. The van der Waals surface area contributed by atoms with Gasteiger partial charge in [-0.1, -0.05) is 133 Å². The van der Waals surface area contributed by atoms with E-state index in [-0.39, 0.29) is 0 Å². The number of hydrogen-bond acceptors (Lipinski definition) is 5. The zero-order chi connectivity index (χ0) is 36.3. The Morgan fingerprint density at radius 3 is 1.64 bits per heavy atom. The first kappa shape index (κ1) is 31.4. The van der Waals surface area contributed by atoms with E-state index in [0.717, 1.165) is 55.4 Å². The SMILES string of the molecule is c1ccc(-c2nc(-c3ccccc3)nc(-c3cc(-c4ccc5nc6c(cc5c4)sc4ccccc46)cc(-c4cc5ccccc5c5ccccc45)c3)n2)cc1. The number of fused-ring (bicyclic) bond motifs is 7. The summed E-state index contributed by atoms with van der Waals surface area (Å²) in [6, 6.07) is 64.1. The Labute approximate surface area is 321 Å². The molecule has 55 heavy (non-hydrogen) atoms.